The van der Waals surface area contributed by atoms with Gasteiger partial charge >= 0.3 is 0 Å². The maximum atomic E-state index is 11.3. The van der Waals surface area contributed by atoms with Crippen LogP contribution in [0.25, 0.3) is 0 Å². The molecule has 0 saturated carbocycles. The fraction of sp³-hybridized carbons (Fsp3) is 0.538. The van der Waals surface area contributed by atoms with Crippen LogP contribution in [-0.2, 0) is 16.4 Å². The van der Waals surface area contributed by atoms with E-state index < -0.39 is 9.84 Å². The van der Waals surface area contributed by atoms with Gasteiger partial charge in [-0.25, -0.2) is 8.42 Å². The molecule has 1 fully saturated rings. The molecule has 1 aromatic rings. The third kappa shape index (κ3) is 3.80. The Morgan fingerprint density at radius 1 is 1.28 bits per heavy atom. The summed E-state index contributed by atoms with van der Waals surface area (Å²) in [4.78, 5) is 0.381. The molecule has 1 heterocycles. The van der Waals surface area contributed by atoms with E-state index in [4.69, 9.17) is 0 Å². The van der Waals surface area contributed by atoms with Crippen LogP contribution in [0.15, 0.2) is 29.2 Å². The standard InChI is InChI=1S/C13H20N2O2S/c1-18(16,17)13-4-2-11(3-5-13)8-14-7-6-12-9-15-10-12/h2-5,12,14-15H,6-10H2,1H3. The Labute approximate surface area is 109 Å². The van der Waals surface area contributed by atoms with E-state index in [0.717, 1.165) is 37.7 Å². The molecule has 1 aromatic carbocycles. The van der Waals surface area contributed by atoms with Gasteiger partial charge in [-0.2, -0.15) is 0 Å². The van der Waals surface area contributed by atoms with Crippen LogP contribution in [0.3, 0.4) is 0 Å². The minimum Gasteiger partial charge on any atom is -0.316 e. The summed E-state index contributed by atoms with van der Waals surface area (Å²) in [5, 5.41) is 6.64. The molecule has 0 aliphatic carbocycles. The van der Waals surface area contributed by atoms with Gasteiger partial charge in [-0.1, -0.05) is 12.1 Å². The molecular formula is C13H20N2O2S. The monoisotopic (exact) mass is 268 g/mol. The van der Waals surface area contributed by atoms with Crippen LogP contribution in [0.4, 0.5) is 0 Å². The molecule has 5 heteroatoms. The fourth-order valence-electron chi connectivity index (χ4n) is 1.95. The molecule has 0 amide bonds. The molecule has 4 nitrogen and oxygen atoms in total. The number of hydrogen-bond donors (Lipinski definition) is 2. The van der Waals surface area contributed by atoms with Gasteiger partial charge in [-0.3, -0.25) is 0 Å². The molecule has 1 aliphatic heterocycles. The quantitative estimate of drug-likeness (QED) is 0.749. The van der Waals surface area contributed by atoms with Gasteiger partial charge in [0.15, 0.2) is 9.84 Å². The highest BCUT2D eigenvalue weighted by Crippen LogP contribution is 2.10. The zero-order valence-corrected chi connectivity index (χ0v) is 11.5. The zero-order chi connectivity index (χ0) is 13.0. The van der Waals surface area contributed by atoms with Crippen LogP contribution in [0, 0.1) is 5.92 Å². The average molecular weight is 268 g/mol. The lowest BCUT2D eigenvalue weighted by atomic mass is 10.00. The minimum atomic E-state index is -3.08. The van der Waals surface area contributed by atoms with Crippen molar-refractivity contribution in [3.63, 3.8) is 0 Å². The van der Waals surface area contributed by atoms with E-state index in [9.17, 15) is 8.42 Å². The van der Waals surface area contributed by atoms with E-state index in [2.05, 4.69) is 10.6 Å². The highest BCUT2D eigenvalue weighted by atomic mass is 32.2. The van der Waals surface area contributed by atoms with E-state index in [1.54, 1.807) is 12.1 Å². The van der Waals surface area contributed by atoms with Crippen molar-refractivity contribution in [2.75, 3.05) is 25.9 Å². The number of nitrogens with one attached hydrogen (secondary N) is 2. The molecule has 0 spiro atoms. The first-order chi connectivity index (χ1) is 8.55. The molecule has 0 atom stereocenters. The summed E-state index contributed by atoms with van der Waals surface area (Å²) in [6.45, 7) is 4.10. The van der Waals surface area contributed by atoms with Crippen molar-refractivity contribution >= 4 is 9.84 Å². The van der Waals surface area contributed by atoms with Crippen molar-refractivity contribution in [3.05, 3.63) is 29.8 Å². The summed E-state index contributed by atoms with van der Waals surface area (Å²) in [5.41, 5.74) is 1.12. The lowest BCUT2D eigenvalue weighted by Gasteiger charge is -2.26. The van der Waals surface area contributed by atoms with E-state index in [1.165, 1.54) is 12.7 Å². The Morgan fingerprint density at radius 3 is 2.44 bits per heavy atom. The Balaban J connectivity index is 1.75. The van der Waals surface area contributed by atoms with E-state index in [0.29, 0.717) is 4.90 Å². The smallest absolute Gasteiger partial charge is 0.175 e. The summed E-state index contributed by atoms with van der Waals surface area (Å²) in [5.74, 6) is 0.824. The van der Waals surface area contributed by atoms with Crippen molar-refractivity contribution in [2.24, 2.45) is 5.92 Å². The minimum absolute atomic E-state index is 0.381. The predicted octanol–water partition coefficient (Wildman–Crippen LogP) is 0.789. The van der Waals surface area contributed by atoms with Crippen molar-refractivity contribution < 1.29 is 8.42 Å². The Hall–Kier alpha value is -0.910. The number of sulfone groups is 1. The second kappa shape index (κ2) is 5.82. The van der Waals surface area contributed by atoms with Gasteiger partial charge in [0.1, 0.15) is 0 Å². The first-order valence-corrected chi connectivity index (χ1v) is 8.15. The second-order valence-corrected chi connectivity index (χ2v) is 6.92. The highest BCUT2D eigenvalue weighted by molar-refractivity contribution is 7.90. The predicted molar refractivity (Wildman–Crippen MR) is 72.2 cm³/mol. The van der Waals surface area contributed by atoms with Crippen LogP contribution in [-0.4, -0.2) is 34.3 Å². The molecule has 2 rings (SSSR count). The number of rotatable bonds is 6. The summed E-state index contributed by atoms with van der Waals surface area (Å²) >= 11 is 0. The summed E-state index contributed by atoms with van der Waals surface area (Å²) in [7, 11) is -3.08. The van der Waals surface area contributed by atoms with Gasteiger partial charge in [0.05, 0.1) is 4.90 Å². The largest absolute Gasteiger partial charge is 0.316 e. The molecule has 0 aromatic heterocycles. The molecule has 0 unspecified atom stereocenters. The summed E-state index contributed by atoms with van der Waals surface area (Å²) in [6.07, 6.45) is 2.43. The first kappa shape index (κ1) is 13.5. The van der Waals surface area contributed by atoms with Gasteiger partial charge in [0, 0.05) is 12.8 Å². The molecular weight excluding hydrogens is 248 g/mol. The van der Waals surface area contributed by atoms with Crippen LogP contribution in [0.5, 0.6) is 0 Å². The average Bonchev–Trinajstić information content (AvgIpc) is 2.26. The van der Waals surface area contributed by atoms with Gasteiger partial charge < -0.3 is 10.6 Å². The fourth-order valence-corrected chi connectivity index (χ4v) is 2.58. The molecule has 0 radical (unpaired) electrons. The zero-order valence-electron chi connectivity index (χ0n) is 10.6. The maximum Gasteiger partial charge on any atom is 0.175 e. The third-order valence-electron chi connectivity index (χ3n) is 3.28. The van der Waals surface area contributed by atoms with Crippen molar-refractivity contribution in [1.82, 2.24) is 10.6 Å². The number of benzene rings is 1. The van der Waals surface area contributed by atoms with Crippen LogP contribution in [0.2, 0.25) is 0 Å². The second-order valence-electron chi connectivity index (χ2n) is 4.91. The third-order valence-corrected chi connectivity index (χ3v) is 4.40. The molecule has 1 aliphatic rings. The lowest BCUT2D eigenvalue weighted by Crippen LogP contribution is -2.43. The molecule has 18 heavy (non-hydrogen) atoms. The normalized spacial score (nSPS) is 16.5. The van der Waals surface area contributed by atoms with Crippen molar-refractivity contribution in [3.8, 4) is 0 Å². The Bertz CT molecular complexity index is 478. The molecule has 0 bridgehead atoms. The topological polar surface area (TPSA) is 58.2 Å². The van der Waals surface area contributed by atoms with Crippen LogP contribution in [0.1, 0.15) is 12.0 Å². The molecule has 2 N–H and O–H groups in total. The lowest BCUT2D eigenvalue weighted by molar-refractivity contribution is 0.322. The van der Waals surface area contributed by atoms with Crippen molar-refractivity contribution in [1.29, 1.82) is 0 Å². The van der Waals surface area contributed by atoms with Gasteiger partial charge in [-0.15, -0.1) is 0 Å². The van der Waals surface area contributed by atoms with E-state index in [-0.39, 0.29) is 0 Å². The highest BCUT2D eigenvalue weighted by Gasteiger charge is 2.15. The molecule has 100 valence electrons. The van der Waals surface area contributed by atoms with Crippen LogP contribution >= 0.6 is 0 Å². The maximum absolute atomic E-state index is 11.3. The Morgan fingerprint density at radius 2 is 1.94 bits per heavy atom. The number of hydrogen-bond acceptors (Lipinski definition) is 4. The van der Waals surface area contributed by atoms with Crippen molar-refractivity contribution in [2.45, 2.75) is 17.9 Å². The first-order valence-electron chi connectivity index (χ1n) is 6.26. The van der Waals surface area contributed by atoms with Gasteiger partial charge in [0.2, 0.25) is 0 Å². The summed E-state index contributed by atoms with van der Waals surface area (Å²) in [6, 6.07) is 7.08. The SMILES string of the molecule is CS(=O)(=O)c1ccc(CNCCC2CNC2)cc1. The molecule has 1 saturated heterocycles. The van der Waals surface area contributed by atoms with Gasteiger partial charge in [0.25, 0.3) is 0 Å². The Kier molecular flexibility index (Phi) is 4.37. The van der Waals surface area contributed by atoms with E-state index in [1.807, 2.05) is 12.1 Å². The van der Waals surface area contributed by atoms with E-state index >= 15 is 0 Å². The van der Waals surface area contributed by atoms with Gasteiger partial charge in [-0.05, 0) is 49.7 Å². The summed E-state index contributed by atoms with van der Waals surface area (Å²) < 4.78 is 22.6. The van der Waals surface area contributed by atoms with Crippen LogP contribution < -0.4 is 10.6 Å².